The van der Waals surface area contributed by atoms with E-state index in [9.17, 15) is 4.79 Å². The van der Waals surface area contributed by atoms with Gasteiger partial charge in [0.2, 0.25) is 0 Å². The molecule has 19 heavy (non-hydrogen) atoms. The van der Waals surface area contributed by atoms with Gasteiger partial charge in [-0.15, -0.1) is 22.7 Å². The highest BCUT2D eigenvalue weighted by Crippen LogP contribution is 2.27. The number of aromatic nitrogens is 1. The summed E-state index contributed by atoms with van der Waals surface area (Å²) in [5.41, 5.74) is 0.449. The van der Waals surface area contributed by atoms with Crippen LogP contribution >= 0.6 is 22.7 Å². The Balaban J connectivity index is 2.04. The fourth-order valence-electron chi connectivity index (χ4n) is 1.68. The largest absolute Gasteiger partial charge is 0.396 e. The molecule has 2 heterocycles. The Morgan fingerprint density at radius 2 is 2.37 bits per heavy atom. The molecule has 0 radical (unpaired) electrons. The zero-order chi connectivity index (χ0) is 13.7. The van der Waals surface area contributed by atoms with Gasteiger partial charge >= 0.3 is 0 Å². The first-order chi connectivity index (χ1) is 9.24. The second-order valence-electron chi connectivity index (χ2n) is 4.11. The monoisotopic (exact) mass is 296 g/mol. The Kier molecular flexibility index (Phi) is 5.07. The van der Waals surface area contributed by atoms with E-state index in [0.29, 0.717) is 12.1 Å². The van der Waals surface area contributed by atoms with E-state index in [1.165, 1.54) is 11.3 Å². The summed E-state index contributed by atoms with van der Waals surface area (Å²) in [6.45, 7) is 2.06. The van der Waals surface area contributed by atoms with Crippen LogP contribution in [0.15, 0.2) is 22.9 Å². The van der Waals surface area contributed by atoms with Gasteiger partial charge in [-0.25, -0.2) is 4.98 Å². The van der Waals surface area contributed by atoms with Gasteiger partial charge < -0.3 is 10.4 Å². The number of hydrogen-bond donors (Lipinski definition) is 2. The van der Waals surface area contributed by atoms with Crippen molar-refractivity contribution in [2.45, 2.75) is 25.8 Å². The number of amides is 1. The molecule has 0 bridgehead atoms. The first-order valence-corrected chi connectivity index (χ1v) is 7.91. The number of nitrogens with one attached hydrogen (secondary N) is 1. The third-order valence-corrected chi connectivity index (χ3v) is 4.66. The summed E-state index contributed by atoms with van der Waals surface area (Å²) >= 11 is 3.08. The normalized spacial score (nSPS) is 12.3. The van der Waals surface area contributed by atoms with E-state index in [1.54, 1.807) is 16.7 Å². The summed E-state index contributed by atoms with van der Waals surface area (Å²) in [4.78, 5) is 17.5. The molecule has 6 heteroatoms. The van der Waals surface area contributed by atoms with Crippen molar-refractivity contribution >= 4 is 28.6 Å². The van der Waals surface area contributed by atoms with Crippen molar-refractivity contribution in [1.29, 1.82) is 0 Å². The highest BCUT2D eigenvalue weighted by molar-refractivity contribution is 7.20. The summed E-state index contributed by atoms with van der Waals surface area (Å²) in [6.07, 6.45) is 1.37. The summed E-state index contributed by atoms with van der Waals surface area (Å²) in [5.74, 6) is -0.167. The molecule has 102 valence electrons. The molecule has 0 aliphatic rings. The Bertz CT molecular complexity index is 522. The first kappa shape index (κ1) is 14.2. The molecule has 0 spiro atoms. The number of aliphatic hydroxyl groups excluding tert-OH is 1. The summed E-state index contributed by atoms with van der Waals surface area (Å²) < 4.78 is 0. The number of carbonyl (C=O) groups is 1. The fourth-order valence-corrected chi connectivity index (χ4v) is 3.30. The minimum absolute atomic E-state index is 0.00406. The van der Waals surface area contributed by atoms with E-state index < -0.39 is 0 Å². The molecule has 1 amide bonds. The Labute approximate surface area is 120 Å². The lowest BCUT2D eigenvalue weighted by Gasteiger charge is -2.14. The molecule has 0 aliphatic heterocycles. The maximum absolute atomic E-state index is 12.0. The average molecular weight is 296 g/mol. The molecule has 0 saturated heterocycles. The molecule has 0 fully saturated rings. The van der Waals surface area contributed by atoms with E-state index in [0.717, 1.165) is 16.3 Å². The van der Waals surface area contributed by atoms with Gasteiger partial charge in [0.1, 0.15) is 10.7 Å². The van der Waals surface area contributed by atoms with Gasteiger partial charge in [-0.1, -0.05) is 13.0 Å². The van der Waals surface area contributed by atoms with Crippen LogP contribution < -0.4 is 5.32 Å². The van der Waals surface area contributed by atoms with Crippen molar-refractivity contribution in [3.8, 4) is 9.88 Å². The summed E-state index contributed by atoms with van der Waals surface area (Å²) in [5, 5.41) is 16.4. The van der Waals surface area contributed by atoms with E-state index in [2.05, 4.69) is 10.3 Å². The van der Waals surface area contributed by atoms with E-state index in [4.69, 9.17) is 5.11 Å². The number of hydrogen-bond acceptors (Lipinski definition) is 5. The molecule has 0 aliphatic carbocycles. The van der Waals surface area contributed by atoms with E-state index >= 15 is 0 Å². The maximum atomic E-state index is 12.0. The molecule has 2 aromatic heterocycles. The first-order valence-electron chi connectivity index (χ1n) is 6.15. The smallest absolute Gasteiger partial charge is 0.270 e. The van der Waals surface area contributed by atoms with E-state index in [-0.39, 0.29) is 18.6 Å². The second kappa shape index (κ2) is 6.79. The van der Waals surface area contributed by atoms with Crippen LogP contribution in [0.3, 0.4) is 0 Å². The van der Waals surface area contributed by atoms with Crippen LogP contribution in [0.5, 0.6) is 0 Å². The van der Waals surface area contributed by atoms with Crippen molar-refractivity contribution in [3.63, 3.8) is 0 Å². The number of nitrogens with zero attached hydrogens (tertiary/aromatic N) is 1. The van der Waals surface area contributed by atoms with Gasteiger partial charge in [0.25, 0.3) is 5.91 Å². The van der Waals surface area contributed by atoms with Crippen LogP contribution in [0.25, 0.3) is 9.88 Å². The van der Waals surface area contributed by atoms with Crippen molar-refractivity contribution < 1.29 is 9.90 Å². The molecule has 1 unspecified atom stereocenters. The molecule has 2 rings (SSSR count). The SMILES string of the molecule is CCC(CCO)NC(=O)c1csc(-c2cccs2)n1. The van der Waals surface area contributed by atoms with Gasteiger partial charge in [-0.05, 0) is 24.3 Å². The van der Waals surface area contributed by atoms with Gasteiger partial charge in [-0.3, -0.25) is 4.79 Å². The average Bonchev–Trinajstić information content (AvgIpc) is 3.08. The quantitative estimate of drug-likeness (QED) is 0.861. The molecular formula is C13H16N2O2S2. The van der Waals surface area contributed by atoms with Crippen molar-refractivity contribution in [1.82, 2.24) is 10.3 Å². The third kappa shape index (κ3) is 3.62. The van der Waals surface area contributed by atoms with Crippen LogP contribution in [0.4, 0.5) is 0 Å². The van der Waals surface area contributed by atoms with Crippen molar-refractivity contribution in [2.75, 3.05) is 6.61 Å². The predicted molar refractivity (Wildman–Crippen MR) is 78.7 cm³/mol. The molecule has 0 aromatic carbocycles. The molecule has 2 aromatic rings. The van der Waals surface area contributed by atoms with Crippen molar-refractivity contribution in [2.24, 2.45) is 0 Å². The van der Waals surface area contributed by atoms with Crippen LogP contribution in [-0.2, 0) is 0 Å². The summed E-state index contributed by atoms with van der Waals surface area (Å²) in [7, 11) is 0. The number of rotatable bonds is 6. The number of aliphatic hydroxyl groups is 1. The number of carbonyl (C=O) groups excluding carboxylic acids is 1. The lowest BCUT2D eigenvalue weighted by atomic mass is 10.1. The Hall–Kier alpha value is -1.24. The van der Waals surface area contributed by atoms with E-state index in [1.807, 2.05) is 24.4 Å². The lowest BCUT2D eigenvalue weighted by molar-refractivity contribution is 0.0925. The van der Waals surface area contributed by atoms with Crippen LogP contribution in [0, 0.1) is 0 Å². The lowest BCUT2D eigenvalue weighted by Crippen LogP contribution is -2.35. The fraction of sp³-hybridized carbons (Fsp3) is 0.385. The van der Waals surface area contributed by atoms with Crippen LogP contribution in [0.2, 0.25) is 0 Å². The number of thiophene rings is 1. The second-order valence-corrected chi connectivity index (χ2v) is 5.91. The highest BCUT2D eigenvalue weighted by Gasteiger charge is 2.15. The van der Waals surface area contributed by atoms with Gasteiger partial charge in [0, 0.05) is 18.0 Å². The predicted octanol–water partition coefficient (Wildman–Crippen LogP) is 2.76. The standard InChI is InChI=1S/C13H16N2O2S2/c1-2-9(5-6-16)14-12(17)10-8-19-13(15-10)11-4-3-7-18-11/h3-4,7-9,16H,2,5-6H2,1H3,(H,14,17). The van der Waals surface area contributed by atoms with Crippen LogP contribution in [-0.4, -0.2) is 28.6 Å². The Morgan fingerprint density at radius 1 is 1.53 bits per heavy atom. The number of thiazole rings is 1. The van der Waals surface area contributed by atoms with Crippen LogP contribution in [0.1, 0.15) is 30.3 Å². The minimum atomic E-state index is -0.167. The summed E-state index contributed by atoms with van der Waals surface area (Å²) in [6, 6.07) is 3.96. The highest BCUT2D eigenvalue weighted by atomic mass is 32.1. The molecular weight excluding hydrogens is 280 g/mol. The Morgan fingerprint density at radius 3 is 3.00 bits per heavy atom. The molecule has 2 N–H and O–H groups in total. The molecule has 0 saturated carbocycles. The zero-order valence-corrected chi connectivity index (χ0v) is 12.3. The zero-order valence-electron chi connectivity index (χ0n) is 10.6. The third-order valence-electron chi connectivity index (χ3n) is 2.77. The van der Waals surface area contributed by atoms with Gasteiger partial charge in [0.15, 0.2) is 0 Å². The van der Waals surface area contributed by atoms with Crippen molar-refractivity contribution in [3.05, 3.63) is 28.6 Å². The minimum Gasteiger partial charge on any atom is -0.396 e. The molecule has 1 atom stereocenters. The van der Waals surface area contributed by atoms with Gasteiger partial charge in [-0.2, -0.15) is 0 Å². The maximum Gasteiger partial charge on any atom is 0.270 e. The van der Waals surface area contributed by atoms with Gasteiger partial charge in [0.05, 0.1) is 4.88 Å². The molecule has 4 nitrogen and oxygen atoms in total. The topological polar surface area (TPSA) is 62.2 Å².